The van der Waals surface area contributed by atoms with Crippen LogP contribution in [0.3, 0.4) is 0 Å². The largest absolute Gasteiger partial charge is 0.497 e. The van der Waals surface area contributed by atoms with Crippen LogP contribution in [0.25, 0.3) is 11.0 Å². The minimum absolute atomic E-state index is 0.256. The van der Waals surface area contributed by atoms with E-state index in [0.717, 1.165) is 0 Å². The Bertz CT molecular complexity index is 904. The number of hydrogen-bond acceptors (Lipinski definition) is 5. The van der Waals surface area contributed by atoms with Crippen LogP contribution in [0, 0.1) is 0 Å². The second-order valence-electron chi connectivity index (χ2n) is 4.68. The monoisotopic (exact) mass is 330 g/mol. The van der Waals surface area contributed by atoms with E-state index in [4.69, 9.17) is 9.47 Å². The van der Waals surface area contributed by atoms with Crippen LogP contribution < -0.4 is 4.74 Å². The van der Waals surface area contributed by atoms with Gasteiger partial charge in [-0.25, -0.2) is 14.0 Å². The van der Waals surface area contributed by atoms with Gasteiger partial charge in [-0.2, -0.15) is 0 Å². The van der Waals surface area contributed by atoms with E-state index >= 15 is 0 Å². The van der Waals surface area contributed by atoms with Crippen LogP contribution in [0.2, 0.25) is 0 Å². The van der Waals surface area contributed by atoms with Gasteiger partial charge < -0.3 is 14.5 Å². The summed E-state index contributed by atoms with van der Waals surface area (Å²) in [4.78, 5) is 19.5. The minimum Gasteiger partial charge on any atom is -0.497 e. The number of nitrogens with one attached hydrogen (secondary N) is 1. The Morgan fingerprint density at radius 1 is 1.17 bits per heavy atom. The fourth-order valence-electron chi connectivity index (χ4n) is 2.19. The van der Waals surface area contributed by atoms with Gasteiger partial charge in [0.15, 0.2) is 0 Å². The number of rotatable bonds is 4. The zero-order valence-electron chi connectivity index (χ0n) is 12.5. The van der Waals surface area contributed by atoms with Gasteiger partial charge in [0.1, 0.15) is 16.5 Å². The van der Waals surface area contributed by atoms with Gasteiger partial charge in [-0.1, -0.05) is 12.1 Å². The van der Waals surface area contributed by atoms with E-state index in [2.05, 4.69) is 9.97 Å². The van der Waals surface area contributed by atoms with E-state index in [-0.39, 0.29) is 10.7 Å². The molecule has 0 aliphatic heterocycles. The molecule has 7 heteroatoms. The number of methoxy groups -OCH3 is 2. The standard InChI is InChI=1S/C16H14N2O4S/c1-21-10-7-8-12-13(9-10)18-16(17-12)23(20)14-6-4-3-5-11(14)15(19)22-2/h3-9H,1-2H3,(H,17,18). The van der Waals surface area contributed by atoms with Crippen LogP contribution in [-0.2, 0) is 15.5 Å². The van der Waals surface area contributed by atoms with Crippen molar-refractivity contribution in [2.75, 3.05) is 14.2 Å². The Labute approximate surface area is 134 Å². The molecule has 3 rings (SSSR count). The van der Waals surface area contributed by atoms with Crippen molar-refractivity contribution in [1.29, 1.82) is 0 Å². The third-order valence-corrected chi connectivity index (χ3v) is 4.64. The fourth-order valence-corrected chi connectivity index (χ4v) is 3.34. The van der Waals surface area contributed by atoms with Crippen LogP contribution in [0.1, 0.15) is 10.4 Å². The van der Waals surface area contributed by atoms with E-state index in [0.29, 0.717) is 21.7 Å². The molecule has 1 aromatic heterocycles. The molecule has 1 atom stereocenters. The van der Waals surface area contributed by atoms with Crippen LogP contribution in [-0.4, -0.2) is 34.4 Å². The van der Waals surface area contributed by atoms with Crippen LogP contribution in [0.15, 0.2) is 52.5 Å². The molecule has 0 fully saturated rings. The topological polar surface area (TPSA) is 81.3 Å². The SMILES string of the molecule is COC(=O)c1ccccc1S(=O)c1nc2ccc(OC)cc2[nH]1. The second kappa shape index (κ2) is 6.21. The highest BCUT2D eigenvalue weighted by atomic mass is 32.2. The number of ether oxygens (including phenoxy) is 2. The molecule has 0 radical (unpaired) electrons. The van der Waals surface area contributed by atoms with Crippen molar-refractivity contribution in [2.45, 2.75) is 10.1 Å². The molecule has 1 unspecified atom stereocenters. The van der Waals surface area contributed by atoms with Crippen molar-refractivity contribution >= 4 is 27.8 Å². The Balaban J connectivity index is 2.05. The fraction of sp³-hybridized carbons (Fsp3) is 0.125. The molecule has 0 spiro atoms. The minimum atomic E-state index is -1.63. The third kappa shape index (κ3) is 2.83. The molecule has 3 aromatic rings. The number of fused-ring (bicyclic) bond motifs is 1. The van der Waals surface area contributed by atoms with Crippen molar-refractivity contribution in [1.82, 2.24) is 9.97 Å². The summed E-state index contributed by atoms with van der Waals surface area (Å²) in [7, 11) is 1.23. The van der Waals surface area contributed by atoms with Gasteiger partial charge in [0, 0.05) is 6.07 Å². The van der Waals surface area contributed by atoms with Crippen molar-refractivity contribution in [3.8, 4) is 5.75 Å². The van der Waals surface area contributed by atoms with Crippen molar-refractivity contribution in [2.24, 2.45) is 0 Å². The number of carbonyl (C=O) groups is 1. The Kier molecular flexibility index (Phi) is 4.12. The van der Waals surface area contributed by atoms with Gasteiger partial charge >= 0.3 is 5.97 Å². The molecule has 2 aromatic carbocycles. The maximum Gasteiger partial charge on any atom is 0.339 e. The molecule has 0 aliphatic rings. The van der Waals surface area contributed by atoms with Crippen molar-refractivity contribution in [3.05, 3.63) is 48.0 Å². The van der Waals surface area contributed by atoms with Gasteiger partial charge in [0.2, 0.25) is 5.16 Å². The lowest BCUT2D eigenvalue weighted by Crippen LogP contribution is -2.07. The summed E-state index contributed by atoms with van der Waals surface area (Å²) in [5.74, 6) is 0.139. The summed E-state index contributed by atoms with van der Waals surface area (Å²) in [6.45, 7) is 0. The molecule has 1 heterocycles. The lowest BCUT2D eigenvalue weighted by atomic mass is 10.2. The number of aromatic nitrogens is 2. The first-order chi connectivity index (χ1) is 11.1. The van der Waals surface area contributed by atoms with Crippen LogP contribution >= 0.6 is 0 Å². The number of nitrogens with zero attached hydrogens (tertiary/aromatic N) is 1. The van der Waals surface area contributed by atoms with Gasteiger partial charge in [0.05, 0.1) is 35.7 Å². The smallest absolute Gasteiger partial charge is 0.339 e. The average Bonchev–Trinajstić information content (AvgIpc) is 3.03. The normalized spacial score (nSPS) is 12.1. The van der Waals surface area contributed by atoms with E-state index in [9.17, 15) is 9.00 Å². The van der Waals surface area contributed by atoms with Crippen molar-refractivity contribution < 1.29 is 18.5 Å². The first-order valence-corrected chi connectivity index (χ1v) is 7.92. The van der Waals surface area contributed by atoms with Crippen molar-refractivity contribution in [3.63, 3.8) is 0 Å². The Morgan fingerprint density at radius 3 is 2.70 bits per heavy atom. The number of hydrogen-bond donors (Lipinski definition) is 1. The third-order valence-electron chi connectivity index (χ3n) is 3.34. The summed E-state index contributed by atoms with van der Waals surface area (Å²) in [6, 6.07) is 11.9. The maximum atomic E-state index is 12.8. The predicted octanol–water partition coefficient (Wildman–Crippen LogP) is 2.52. The van der Waals surface area contributed by atoms with Gasteiger partial charge in [-0.05, 0) is 24.3 Å². The number of aromatic amines is 1. The highest BCUT2D eigenvalue weighted by molar-refractivity contribution is 7.85. The lowest BCUT2D eigenvalue weighted by Gasteiger charge is -2.05. The number of carbonyl (C=O) groups excluding carboxylic acids is 1. The quantitative estimate of drug-likeness (QED) is 0.743. The number of benzene rings is 2. The van der Waals surface area contributed by atoms with E-state index < -0.39 is 16.8 Å². The molecule has 118 valence electrons. The number of H-pyrrole nitrogens is 1. The first-order valence-electron chi connectivity index (χ1n) is 6.77. The van der Waals surface area contributed by atoms with Gasteiger partial charge in [-0.15, -0.1) is 0 Å². The molecule has 23 heavy (non-hydrogen) atoms. The molecular formula is C16H14N2O4S. The summed E-state index contributed by atoms with van der Waals surface area (Å²) >= 11 is 0. The van der Waals surface area contributed by atoms with Crippen LogP contribution in [0.5, 0.6) is 5.75 Å². The zero-order valence-corrected chi connectivity index (χ0v) is 13.3. The average molecular weight is 330 g/mol. The predicted molar refractivity (Wildman–Crippen MR) is 85.1 cm³/mol. The summed E-state index contributed by atoms with van der Waals surface area (Å²) < 4.78 is 22.7. The second-order valence-corrected chi connectivity index (χ2v) is 6.05. The first kappa shape index (κ1) is 15.2. The van der Waals surface area contributed by atoms with Gasteiger partial charge in [-0.3, -0.25) is 0 Å². The van der Waals surface area contributed by atoms with E-state index in [1.54, 1.807) is 49.6 Å². The highest BCUT2D eigenvalue weighted by Crippen LogP contribution is 2.23. The molecule has 0 aliphatic carbocycles. The summed E-state index contributed by atoms with van der Waals surface area (Å²) in [5.41, 5.74) is 1.64. The number of esters is 1. The Hall–Kier alpha value is -2.67. The zero-order chi connectivity index (χ0) is 16.4. The van der Waals surface area contributed by atoms with E-state index in [1.165, 1.54) is 7.11 Å². The molecule has 0 saturated carbocycles. The van der Waals surface area contributed by atoms with E-state index in [1.807, 2.05) is 0 Å². The van der Waals surface area contributed by atoms with Gasteiger partial charge in [0.25, 0.3) is 0 Å². The maximum absolute atomic E-state index is 12.8. The Morgan fingerprint density at radius 2 is 1.96 bits per heavy atom. The molecular weight excluding hydrogens is 316 g/mol. The highest BCUT2D eigenvalue weighted by Gasteiger charge is 2.20. The lowest BCUT2D eigenvalue weighted by molar-refractivity contribution is 0.0596. The summed E-state index contributed by atoms with van der Waals surface area (Å²) in [5, 5.41) is 0.268. The molecule has 0 amide bonds. The number of imidazole rings is 1. The molecule has 0 saturated heterocycles. The molecule has 1 N–H and O–H groups in total. The molecule has 6 nitrogen and oxygen atoms in total. The summed E-state index contributed by atoms with van der Waals surface area (Å²) in [6.07, 6.45) is 0. The molecule has 0 bridgehead atoms. The van der Waals surface area contributed by atoms with Crippen LogP contribution in [0.4, 0.5) is 0 Å².